The van der Waals surface area contributed by atoms with Crippen molar-refractivity contribution >= 4 is 49.4 Å². The van der Waals surface area contributed by atoms with Gasteiger partial charge in [-0.2, -0.15) is 0 Å². The Morgan fingerprint density at radius 2 is 2.00 bits per heavy atom. The van der Waals surface area contributed by atoms with E-state index in [9.17, 15) is 9.59 Å². The third-order valence-electron chi connectivity index (χ3n) is 3.98. The van der Waals surface area contributed by atoms with E-state index in [2.05, 4.69) is 37.2 Å². The second kappa shape index (κ2) is 4.84. The second-order valence-corrected chi connectivity index (χ2v) is 7.28. The minimum absolute atomic E-state index is 0.0253. The summed E-state index contributed by atoms with van der Waals surface area (Å²) in [6, 6.07) is 5.59. The molecule has 4 nitrogen and oxygen atoms in total. The van der Waals surface area contributed by atoms with E-state index in [1.54, 1.807) is 4.90 Å². The van der Waals surface area contributed by atoms with Gasteiger partial charge in [0.05, 0.1) is 5.69 Å². The molecule has 1 aromatic rings. The number of halogens is 2. The largest absolute Gasteiger partial charge is 0.340 e. The van der Waals surface area contributed by atoms with Crippen molar-refractivity contribution in [1.82, 2.24) is 5.32 Å². The number of nitrogens with one attached hydrogen (secondary N) is 1. The van der Waals surface area contributed by atoms with E-state index in [0.29, 0.717) is 0 Å². The molecule has 3 rings (SSSR count). The molecule has 1 N–H and O–H groups in total. The third kappa shape index (κ3) is 2.29. The fourth-order valence-electron chi connectivity index (χ4n) is 2.71. The summed E-state index contributed by atoms with van der Waals surface area (Å²) in [5.41, 5.74) is -0.0260. The maximum absolute atomic E-state index is 12.8. The first kappa shape index (κ1) is 14.1. The molecule has 0 bridgehead atoms. The number of hydrogen-bond acceptors (Lipinski definition) is 2. The van der Waals surface area contributed by atoms with Crippen molar-refractivity contribution in [3.05, 3.63) is 27.1 Å². The first-order valence-corrected chi connectivity index (χ1v) is 8.08. The Morgan fingerprint density at radius 1 is 1.30 bits per heavy atom. The van der Waals surface area contributed by atoms with Gasteiger partial charge < -0.3 is 5.32 Å². The van der Waals surface area contributed by atoms with Crippen LogP contribution in [0.4, 0.5) is 5.69 Å². The highest BCUT2D eigenvalue weighted by Crippen LogP contribution is 2.43. The third-order valence-corrected chi connectivity index (χ3v) is 5.11. The number of rotatable bonds is 2. The number of carbonyl (C=O) groups excluding carboxylic acids is 2. The molecule has 0 radical (unpaired) electrons. The summed E-state index contributed by atoms with van der Waals surface area (Å²) < 4.78 is 1.72. The average Bonchev–Trinajstić information content (AvgIpc) is 3.18. The Morgan fingerprint density at radius 3 is 2.60 bits per heavy atom. The molecule has 0 aromatic heterocycles. The first-order chi connectivity index (χ1) is 9.41. The van der Waals surface area contributed by atoms with Crippen LogP contribution in [0, 0.1) is 5.92 Å². The van der Waals surface area contributed by atoms with Gasteiger partial charge in [0, 0.05) is 8.95 Å². The van der Waals surface area contributed by atoms with E-state index < -0.39 is 5.54 Å². The Balaban J connectivity index is 1.99. The molecular weight excluding hydrogens is 388 g/mol. The molecule has 106 valence electrons. The molecule has 20 heavy (non-hydrogen) atoms. The van der Waals surface area contributed by atoms with Crippen LogP contribution in [0.1, 0.15) is 19.8 Å². The van der Waals surface area contributed by atoms with Gasteiger partial charge in [-0.15, -0.1) is 0 Å². The van der Waals surface area contributed by atoms with Crippen molar-refractivity contribution in [2.75, 3.05) is 11.4 Å². The highest BCUT2D eigenvalue weighted by atomic mass is 79.9. The quantitative estimate of drug-likeness (QED) is 0.828. The lowest BCUT2D eigenvalue weighted by Crippen LogP contribution is -2.66. The van der Waals surface area contributed by atoms with Crippen LogP contribution in [0.2, 0.25) is 0 Å². The molecule has 1 saturated carbocycles. The van der Waals surface area contributed by atoms with Crippen LogP contribution >= 0.6 is 31.9 Å². The molecule has 6 heteroatoms. The molecule has 1 aliphatic carbocycles. The van der Waals surface area contributed by atoms with E-state index in [-0.39, 0.29) is 24.3 Å². The average molecular weight is 402 g/mol. The van der Waals surface area contributed by atoms with Crippen molar-refractivity contribution in [3.63, 3.8) is 0 Å². The molecule has 1 saturated heterocycles. The smallest absolute Gasteiger partial charge is 0.253 e. The molecule has 1 aliphatic heterocycles. The van der Waals surface area contributed by atoms with Gasteiger partial charge in [-0.25, -0.2) is 0 Å². The maximum atomic E-state index is 12.8. The van der Waals surface area contributed by atoms with Gasteiger partial charge in [0.25, 0.3) is 5.91 Å². The predicted molar refractivity (Wildman–Crippen MR) is 83.5 cm³/mol. The van der Waals surface area contributed by atoms with Crippen LogP contribution in [0.25, 0.3) is 0 Å². The van der Waals surface area contributed by atoms with Crippen LogP contribution in [0.15, 0.2) is 27.1 Å². The molecular formula is C14H14Br2N2O2. The SMILES string of the molecule is CC1(C2CC2)NC(=O)CN(c2ccc(Br)cc2Br)C1=O. The minimum atomic E-state index is -0.762. The van der Waals surface area contributed by atoms with E-state index in [1.165, 1.54) is 0 Å². The fourth-order valence-corrected chi connectivity index (χ4v) is 3.97. The number of hydrogen-bond donors (Lipinski definition) is 1. The summed E-state index contributed by atoms with van der Waals surface area (Å²) in [6.45, 7) is 1.91. The lowest BCUT2D eigenvalue weighted by atomic mass is 9.91. The van der Waals surface area contributed by atoms with Gasteiger partial charge >= 0.3 is 0 Å². The standard InChI is InChI=1S/C14H14Br2N2O2/c1-14(8-2-3-8)13(20)18(7-12(19)17-14)11-5-4-9(15)6-10(11)16/h4-6,8H,2-3,7H2,1H3,(H,17,19). The lowest BCUT2D eigenvalue weighted by Gasteiger charge is -2.40. The summed E-state index contributed by atoms with van der Waals surface area (Å²) in [7, 11) is 0. The van der Waals surface area contributed by atoms with Crippen LogP contribution < -0.4 is 10.2 Å². The van der Waals surface area contributed by atoms with E-state index in [0.717, 1.165) is 27.5 Å². The molecule has 0 spiro atoms. The van der Waals surface area contributed by atoms with E-state index in [4.69, 9.17) is 0 Å². The van der Waals surface area contributed by atoms with Gasteiger partial charge in [0.1, 0.15) is 12.1 Å². The second-order valence-electron chi connectivity index (χ2n) is 5.51. The van der Waals surface area contributed by atoms with Crippen LogP contribution in [-0.2, 0) is 9.59 Å². The van der Waals surface area contributed by atoms with Gasteiger partial charge in [0.2, 0.25) is 5.91 Å². The molecule has 1 aromatic carbocycles. The topological polar surface area (TPSA) is 49.4 Å². The molecule has 1 atom stereocenters. The van der Waals surface area contributed by atoms with Crippen LogP contribution in [0.5, 0.6) is 0 Å². The fraction of sp³-hybridized carbons (Fsp3) is 0.429. The monoisotopic (exact) mass is 400 g/mol. The van der Waals surface area contributed by atoms with Gasteiger partial charge in [0.15, 0.2) is 0 Å². The van der Waals surface area contributed by atoms with E-state index >= 15 is 0 Å². The summed E-state index contributed by atoms with van der Waals surface area (Å²) in [6.07, 6.45) is 2.00. The molecule has 1 heterocycles. The number of nitrogens with zero attached hydrogens (tertiary/aromatic N) is 1. The zero-order chi connectivity index (χ0) is 14.5. The van der Waals surface area contributed by atoms with Crippen molar-refractivity contribution < 1.29 is 9.59 Å². The highest BCUT2D eigenvalue weighted by Gasteiger charge is 2.53. The summed E-state index contributed by atoms with van der Waals surface area (Å²) in [4.78, 5) is 26.4. The van der Waals surface area contributed by atoms with Gasteiger partial charge in [-0.1, -0.05) is 15.9 Å². The van der Waals surface area contributed by atoms with Crippen molar-refractivity contribution in [2.45, 2.75) is 25.3 Å². The molecule has 2 amide bonds. The number of carbonyl (C=O) groups is 2. The van der Waals surface area contributed by atoms with Crippen LogP contribution in [0.3, 0.4) is 0 Å². The van der Waals surface area contributed by atoms with Crippen LogP contribution in [-0.4, -0.2) is 23.9 Å². The Bertz CT molecular complexity index is 601. The summed E-state index contributed by atoms with van der Waals surface area (Å²) in [5, 5.41) is 2.88. The maximum Gasteiger partial charge on any atom is 0.253 e. The summed E-state index contributed by atoms with van der Waals surface area (Å²) in [5.74, 6) is 0.132. The number of amides is 2. The van der Waals surface area contributed by atoms with Crippen molar-refractivity contribution in [1.29, 1.82) is 0 Å². The predicted octanol–water partition coefficient (Wildman–Crippen LogP) is 2.84. The number of piperazine rings is 1. The normalized spacial score (nSPS) is 26.6. The van der Waals surface area contributed by atoms with Gasteiger partial charge in [-0.05, 0) is 59.8 Å². The van der Waals surface area contributed by atoms with Gasteiger partial charge in [-0.3, -0.25) is 14.5 Å². The minimum Gasteiger partial charge on any atom is -0.340 e. The highest BCUT2D eigenvalue weighted by molar-refractivity contribution is 9.11. The molecule has 2 aliphatic rings. The Hall–Kier alpha value is -0.880. The van der Waals surface area contributed by atoms with Crippen molar-refractivity contribution in [2.24, 2.45) is 5.92 Å². The number of benzene rings is 1. The molecule has 1 unspecified atom stereocenters. The Kier molecular flexibility index (Phi) is 3.41. The first-order valence-electron chi connectivity index (χ1n) is 6.50. The Labute approximate surface area is 134 Å². The zero-order valence-corrected chi connectivity index (χ0v) is 14.1. The zero-order valence-electron chi connectivity index (χ0n) is 11.0. The van der Waals surface area contributed by atoms with E-state index in [1.807, 2.05) is 25.1 Å². The number of anilines is 1. The van der Waals surface area contributed by atoms with Crippen molar-refractivity contribution in [3.8, 4) is 0 Å². The summed E-state index contributed by atoms with van der Waals surface area (Å²) >= 11 is 6.85. The lowest BCUT2D eigenvalue weighted by molar-refractivity contribution is -0.136. The molecule has 2 fully saturated rings.